The number of nitrogens with two attached hydrogens (primary N) is 1. The summed E-state index contributed by atoms with van der Waals surface area (Å²) in [4.78, 5) is 59.1. The molecule has 0 radical (unpaired) electrons. The van der Waals surface area contributed by atoms with Gasteiger partial charge in [0.25, 0.3) is 0 Å². The number of carbonyl (C=O) groups is 5. The number of aliphatic carboxylic acids is 1. The van der Waals surface area contributed by atoms with Crippen molar-refractivity contribution < 1.29 is 39.3 Å². The van der Waals surface area contributed by atoms with Crippen molar-refractivity contribution in [1.82, 2.24) is 21.3 Å². The Bertz CT molecular complexity index is 657. The molecule has 0 spiro atoms. The molecule has 0 unspecified atom stereocenters. The van der Waals surface area contributed by atoms with E-state index >= 15 is 0 Å². The zero-order chi connectivity index (χ0) is 24.3. The molecule has 13 nitrogen and oxygen atoms in total. The van der Waals surface area contributed by atoms with Crippen molar-refractivity contribution in [2.24, 2.45) is 11.7 Å². The summed E-state index contributed by atoms with van der Waals surface area (Å²) >= 11 is 0. The normalized spacial score (nSPS) is 16.6. The quantitative estimate of drug-likeness (QED) is 0.140. The van der Waals surface area contributed by atoms with E-state index in [1.807, 2.05) is 12.2 Å². The second kappa shape index (κ2) is 13.5. The third kappa shape index (κ3) is 9.72. The average Bonchev–Trinajstić information content (AvgIpc) is 2.71. The molecule has 0 heterocycles. The number of aliphatic hydroxyl groups is 2. The summed E-state index contributed by atoms with van der Waals surface area (Å²) < 4.78 is 0. The first-order valence-electron chi connectivity index (χ1n) is 9.80. The second-order valence-corrected chi connectivity index (χ2v) is 7.23. The van der Waals surface area contributed by atoms with Crippen LogP contribution in [0.5, 0.6) is 0 Å². The topological polar surface area (TPSA) is 220 Å². The standard InChI is InChI=1S/C18H33N5O8/c1-5-8(2)13(19)16(28)23-14(10(4)25)17(29)20-6-12(26)21-9(3)15(27)22-11(7-24)18(30)31/h8-11,13-14,24-25H,5-7,19H2,1-4H3,(H,20,29)(H,21,26)(H,22,27)(H,23,28)(H,30,31)/t8-,9-,10-,11-,13-,14-/m0/s1. The van der Waals surface area contributed by atoms with Gasteiger partial charge in [0, 0.05) is 0 Å². The molecule has 0 aromatic rings. The molecular weight excluding hydrogens is 414 g/mol. The zero-order valence-electron chi connectivity index (χ0n) is 18.0. The first-order valence-corrected chi connectivity index (χ1v) is 9.80. The maximum atomic E-state index is 12.3. The van der Waals surface area contributed by atoms with Crippen molar-refractivity contribution in [3.63, 3.8) is 0 Å². The molecule has 0 aliphatic rings. The third-order valence-corrected chi connectivity index (χ3v) is 4.61. The molecule has 31 heavy (non-hydrogen) atoms. The summed E-state index contributed by atoms with van der Waals surface area (Å²) in [5.74, 6) is -4.68. The van der Waals surface area contributed by atoms with E-state index in [0.717, 1.165) is 0 Å². The molecule has 0 rings (SSSR count). The molecule has 9 N–H and O–H groups in total. The number of nitrogens with one attached hydrogen (secondary N) is 4. The van der Waals surface area contributed by atoms with Crippen LogP contribution in [-0.2, 0) is 24.0 Å². The minimum absolute atomic E-state index is 0.150. The predicted octanol–water partition coefficient (Wildman–Crippen LogP) is -3.59. The van der Waals surface area contributed by atoms with Crippen LogP contribution in [0, 0.1) is 5.92 Å². The van der Waals surface area contributed by atoms with Crippen molar-refractivity contribution in [2.45, 2.75) is 64.4 Å². The molecule has 0 fully saturated rings. The van der Waals surface area contributed by atoms with Gasteiger partial charge in [-0.25, -0.2) is 4.79 Å². The highest BCUT2D eigenvalue weighted by Crippen LogP contribution is 2.06. The molecule has 0 saturated carbocycles. The second-order valence-electron chi connectivity index (χ2n) is 7.23. The van der Waals surface area contributed by atoms with Gasteiger partial charge in [0.15, 0.2) is 0 Å². The first kappa shape index (κ1) is 28.2. The molecule has 0 aromatic heterocycles. The molecule has 0 aliphatic carbocycles. The number of hydrogen-bond donors (Lipinski definition) is 8. The molecule has 0 aromatic carbocycles. The zero-order valence-corrected chi connectivity index (χ0v) is 18.0. The van der Waals surface area contributed by atoms with Crippen molar-refractivity contribution >= 4 is 29.6 Å². The first-order chi connectivity index (χ1) is 14.3. The Hall–Kier alpha value is -2.77. The lowest BCUT2D eigenvalue weighted by atomic mass is 9.99. The average molecular weight is 447 g/mol. The fraction of sp³-hybridized carbons (Fsp3) is 0.722. The van der Waals surface area contributed by atoms with Crippen LogP contribution in [-0.4, -0.2) is 88.3 Å². The molecule has 4 amide bonds. The molecule has 13 heteroatoms. The summed E-state index contributed by atoms with van der Waals surface area (Å²) in [6.45, 7) is 4.78. The maximum absolute atomic E-state index is 12.3. The lowest BCUT2D eigenvalue weighted by Crippen LogP contribution is -2.58. The Morgan fingerprint density at radius 2 is 1.52 bits per heavy atom. The minimum atomic E-state index is -1.52. The predicted molar refractivity (Wildman–Crippen MR) is 108 cm³/mol. The number of carboxylic acid groups (broad SMARTS) is 1. The van der Waals surface area contributed by atoms with Gasteiger partial charge in [-0.3, -0.25) is 19.2 Å². The fourth-order valence-electron chi connectivity index (χ4n) is 2.28. The van der Waals surface area contributed by atoms with Gasteiger partial charge in [-0.1, -0.05) is 20.3 Å². The summed E-state index contributed by atoms with van der Waals surface area (Å²) in [6.07, 6.45) is -0.635. The van der Waals surface area contributed by atoms with Gasteiger partial charge >= 0.3 is 5.97 Å². The smallest absolute Gasteiger partial charge is 0.328 e. The van der Waals surface area contributed by atoms with Crippen LogP contribution in [0.15, 0.2) is 0 Å². The van der Waals surface area contributed by atoms with Gasteiger partial charge in [-0.2, -0.15) is 0 Å². The van der Waals surface area contributed by atoms with Gasteiger partial charge < -0.3 is 42.3 Å². The molecule has 0 bridgehead atoms. The Morgan fingerprint density at radius 3 is 1.97 bits per heavy atom. The van der Waals surface area contributed by atoms with Gasteiger partial charge in [0.2, 0.25) is 23.6 Å². The van der Waals surface area contributed by atoms with E-state index in [9.17, 15) is 29.1 Å². The molecule has 0 aliphatic heterocycles. The lowest BCUT2D eigenvalue weighted by molar-refractivity contribution is -0.143. The highest BCUT2D eigenvalue weighted by molar-refractivity contribution is 5.94. The summed E-state index contributed by atoms with van der Waals surface area (Å²) in [5, 5.41) is 36.4. The number of rotatable bonds is 13. The van der Waals surface area contributed by atoms with Crippen molar-refractivity contribution in [1.29, 1.82) is 0 Å². The number of amides is 4. The Balaban J connectivity index is 4.75. The molecule has 0 saturated heterocycles. The number of aliphatic hydroxyl groups excluding tert-OH is 2. The van der Waals surface area contributed by atoms with Crippen LogP contribution < -0.4 is 27.0 Å². The largest absolute Gasteiger partial charge is 0.480 e. The van der Waals surface area contributed by atoms with Gasteiger partial charge in [0.1, 0.15) is 18.1 Å². The van der Waals surface area contributed by atoms with Crippen LogP contribution in [0.25, 0.3) is 0 Å². The van der Waals surface area contributed by atoms with E-state index < -0.39 is 73.0 Å². The summed E-state index contributed by atoms with van der Waals surface area (Å²) in [5.41, 5.74) is 5.81. The van der Waals surface area contributed by atoms with E-state index in [2.05, 4.69) is 16.0 Å². The van der Waals surface area contributed by atoms with Crippen LogP contribution in [0.2, 0.25) is 0 Å². The molecular formula is C18H33N5O8. The summed E-state index contributed by atoms with van der Waals surface area (Å²) in [7, 11) is 0. The van der Waals surface area contributed by atoms with Crippen LogP contribution in [0.1, 0.15) is 34.1 Å². The Morgan fingerprint density at radius 1 is 0.935 bits per heavy atom. The van der Waals surface area contributed by atoms with Gasteiger partial charge in [0.05, 0.1) is 25.3 Å². The van der Waals surface area contributed by atoms with E-state index in [-0.39, 0.29) is 5.92 Å². The minimum Gasteiger partial charge on any atom is -0.480 e. The van der Waals surface area contributed by atoms with E-state index in [1.165, 1.54) is 13.8 Å². The van der Waals surface area contributed by atoms with Crippen LogP contribution >= 0.6 is 0 Å². The van der Waals surface area contributed by atoms with E-state index in [4.69, 9.17) is 15.9 Å². The monoisotopic (exact) mass is 447 g/mol. The van der Waals surface area contributed by atoms with Crippen molar-refractivity contribution in [2.75, 3.05) is 13.2 Å². The Labute approximate surface area is 180 Å². The van der Waals surface area contributed by atoms with Crippen molar-refractivity contribution in [3.05, 3.63) is 0 Å². The third-order valence-electron chi connectivity index (χ3n) is 4.61. The van der Waals surface area contributed by atoms with E-state index in [1.54, 1.807) is 6.92 Å². The fourth-order valence-corrected chi connectivity index (χ4v) is 2.28. The van der Waals surface area contributed by atoms with Crippen LogP contribution in [0.4, 0.5) is 0 Å². The highest BCUT2D eigenvalue weighted by Gasteiger charge is 2.29. The highest BCUT2D eigenvalue weighted by atomic mass is 16.4. The van der Waals surface area contributed by atoms with E-state index in [0.29, 0.717) is 6.42 Å². The molecule has 178 valence electrons. The SMILES string of the molecule is CC[C@H](C)[C@H](N)C(=O)N[C@H](C(=O)NCC(=O)N[C@@H](C)C(=O)N[C@@H](CO)C(=O)O)[C@H](C)O. The van der Waals surface area contributed by atoms with Crippen LogP contribution in [0.3, 0.4) is 0 Å². The summed E-state index contributed by atoms with van der Waals surface area (Å²) in [6, 6.07) is -4.91. The number of carbonyl (C=O) groups excluding carboxylic acids is 4. The number of hydrogen-bond acceptors (Lipinski definition) is 8. The van der Waals surface area contributed by atoms with Gasteiger partial charge in [-0.15, -0.1) is 0 Å². The number of carboxylic acids is 1. The van der Waals surface area contributed by atoms with Gasteiger partial charge in [-0.05, 0) is 19.8 Å². The molecule has 6 atom stereocenters. The Kier molecular flexibility index (Phi) is 12.3. The lowest BCUT2D eigenvalue weighted by Gasteiger charge is -2.24. The maximum Gasteiger partial charge on any atom is 0.328 e. The van der Waals surface area contributed by atoms with Crippen molar-refractivity contribution in [3.8, 4) is 0 Å².